The maximum Gasteiger partial charge on any atom is 0.344 e. The van der Waals surface area contributed by atoms with Crippen molar-refractivity contribution in [2.24, 2.45) is 5.10 Å². The first kappa shape index (κ1) is 26.9. The third-order valence-electron chi connectivity index (χ3n) is 5.33. The zero-order chi connectivity index (χ0) is 26.7. The molecule has 1 unspecified atom stereocenters. The molecule has 0 saturated carbocycles. The second-order valence-corrected chi connectivity index (χ2v) is 9.34. The van der Waals surface area contributed by atoms with E-state index < -0.39 is 18.0 Å². The molecule has 0 radical (unpaired) electrons. The molecule has 0 spiro atoms. The third kappa shape index (κ3) is 7.91. The smallest absolute Gasteiger partial charge is 0.344 e. The van der Waals surface area contributed by atoms with Crippen LogP contribution in [0.25, 0.3) is 0 Å². The van der Waals surface area contributed by atoms with Crippen molar-refractivity contribution in [3.8, 4) is 17.2 Å². The highest BCUT2D eigenvalue weighted by atomic mass is 127. The van der Waals surface area contributed by atoms with E-state index >= 15 is 0 Å². The number of nitrogens with one attached hydrogen (secondary N) is 1. The Bertz CT molecular complexity index is 1390. The van der Waals surface area contributed by atoms with Crippen LogP contribution >= 0.6 is 22.6 Å². The Morgan fingerprint density at radius 3 is 2.18 bits per heavy atom. The van der Waals surface area contributed by atoms with Gasteiger partial charge in [0.15, 0.2) is 6.10 Å². The van der Waals surface area contributed by atoms with Gasteiger partial charge < -0.3 is 14.2 Å². The number of hydrazone groups is 1. The zero-order valence-electron chi connectivity index (χ0n) is 20.5. The van der Waals surface area contributed by atoms with Gasteiger partial charge in [-0.25, -0.2) is 10.2 Å². The number of esters is 1. The number of amides is 1. The van der Waals surface area contributed by atoms with Crippen LogP contribution < -0.4 is 19.6 Å². The minimum atomic E-state index is -0.759. The first-order chi connectivity index (χ1) is 18.5. The molecule has 0 fully saturated rings. The van der Waals surface area contributed by atoms with Crippen molar-refractivity contribution in [3.63, 3.8) is 0 Å². The molecule has 4 rings (SSSR count). The molecule has 7 nitrogen and oxygen atoms in total. The molecule has 0 aliphatic rings. The molecule has 0 aliphatic heterocycles. The Labute approximate surface area is 234 Å². The Hall–Kier alpha value is -4.18. The normalized spacial score (nSPS) is 11.5. The molecule has 0 bridgehead atoms. The fourth-order valence-corrected chi connectivity index (χ4v) is 3.89. The van der Waals surface area contributed by atoms with E-state index in [4.69, 9.17) is 14.2 Å². The fourth-order valence-electron chi connectivity index (χ4n) is 3.29. The van der Waals surface area contributed by atoms with Crippen molar-refractivity contribution in [1.82, 2.24) is 5.43 Å². The monoisotopic (exact) mass is 620 g/mol. The summed E-state index contributed by atoms with van der Waals surface area (Å²) in [6.07, 6.45) is 0.737. The lowest BCUT2D eigenvalue weighted by Crippen LogP contribution is -2.33. The summed E-state index contributed by atoms with van der Waals surface area (Å²) in [4.78, 5) is 24.7. The lowest BCUT2D eigenvalue weighted by molar-refractivity contribution is -0.127. The highest BCUT2D eigenvalue weighted by Gasteiger charge is 2.14. The number of halogens is 1. The second kappa shape index (κ2) is 13.4. The van der Waals surface area contributed by atoms with Crippen LogP contribution in [0.5, 0.6) is 17.2 Å². The Balaban J connectivity index is 1.22. The van der Waals surface area contributed by atoms with E-state index in [1.165, 1.54) is 6.21 Å². The molecule has 0 saturated heterocycles. The number of rotatable bonds is 10. The van der Waals surface area contributed by atoms with Gasteiger partial charge in [0.05, 0.1) is 11.8 Å². The van der Waals surface area contributed by atoms with Gasteiger partial charge >= 0.3 is 5.97 Å². The maximum atomic E-state index is 12.4. The topological polar surface area (TPSA) is 86.2 Å². The third-order valence-corrected chi connectivity index (χ3v) is 6.27. The Kier molecular flexibility index (Phi) is 9.47. The fraction of sp³-hybridized carbons (Fsp3) is 0.100. The molecule has 1 atom stereocenters. The number of ether oxygens (including phenoxy) is 3. The number of hydrogen-bond donors (Lipinski definition) is 1. The largest absolute Gasteiger partial charge is 0.489 e. The summed E-state index contributed by atoms with van der Waals surface area (Å²) < 4.78 is 17.7. The standard InChI is InChI=1S/C30H25IN2O5/c1-21(37-25-17-15-24(16-18-25)36-20-23-7-3-2-4-8-23)29(34)33-32-19-22-11-13-26(14-12-22)38-30(35)27-9-5-6-10-28(27)31/h2-19,21H,20H2,1H3,(H,33,34)/b32-19+. The molecular weight excluding hydrogens is 595 g/mol. The van der Waals surface area contributed by atoms with Crippen LogP contribution in [0.1, 0.15) is 28.4 Å². The van der Waals surface area contributed by atoms with E-state index in [-0.39, 0.29) is 0 Å². The van der Waals surface area contributed by atoms with Gasteiger partial charge in [0.2, 0.25) is 0 Å². The van der Waals surface area contributed by atoms with Gasteiger partial charge in [0, 0.05) is 3.57 Å². The van der Waals surface area contributed by atoms with Crippen LogP contribution in [0.3, 0.4) is 0 Å². The molecule has 0 aliphatic carbocycles. The van der Waals surface area contributed by atoms with Gasteiger partial charge in [0.1, 0.15) is 23.9 Å². The molecule has 0 heterocycles. The second-order valence-electron chi connectivity index (χ2n) is 8.18. The van der Waals surface area contributed by atoms with Crippen LogP contribution in [0.2, 0.25) is 0 Å². The van der Waals surface area contributed by atoms with Crippen molar-refractivity contribution in [1.29, 1.82) is 0 Å². The lowest BCUT2D eigenvalue weighted by Gasteiger charge is -2.13. The first-order valence-corrected chi connectivity index (χ1v) is 12.9. The van der Waals surface area contributed by atoms with Gasteiger partial charge in [-0.15, -0.1) is 0 Å². The molecule has 38 heavy (non-hydrogen) atoms. The summed E-state index contributed by atoms with van der Waals surface area (Å²) in [6.45, 7) is 2.11. The maximum absolute atomic E-state index is 12.4. The average Bonchev–Trinajstić information content (AvgIpc) is 2.94. The zero-order valence-corrected chi connectivity index (χ0v) is 22.7. The van der Waals surface area contributed by atoms with E-state index in [0.717, 1.165) is 14.7 Å². The highest BCUT2D eigenvalue weighted by Crippen LogP contribution is 2.20. The number of carbonyl (C=O) groups excluding carboxylic acids is 2. The summed E-state index contributed by atoms with van der Waals surface area (Å²) in [5.74, 6) is 0.840. The predicted molar refractivity (Wildman–Crippen MR) is 154 cm³/mol. The van der Waals surface area contributed by atoms with Crippen LogP contribution in [0.4, 0.5) is 0 Å². The van der Waals surface area contributed by atoms with Crippen molar-refractivity contribution in [2.45, 2.75) is 19.6 Å². The van der Waals surface area contributed by atoms with Crippen LogP contribution in [0.15, 0.2) is 108 Å². The van der Waals surface area contributed by atoms with Crippen molar-refractivity contribution in [2.75, 3.05) is 0 Å². The molecule has 8 heteroatoms. The molecule has 1 N–H and O–H groups in total. The average molecular weight is 620 g/mol. The number of carbonyl (C=O) groups is 2. The number of nitrogens with zero attached hydrogens (tertiary/aromatic N) is 1. The van der Waals surface area contributed by atoms with Gasteiger partial charge in [-0.3, -0.25) is 4.79 Å². The van der Waals surface area contributed by atoms with E-state index in [0.29, 0.717) is 29.4 Å². The molecule has 192 valence electrons. The highest BCUT2D eigenvalue weighted by molar-refractivity contribution is 14.1. The lowest BCUT2D eigenvalue weighted by atomic mass is 10.2. The number of benzene rings is 4. The molecule has 4 aromatic rings. The first-order valence-electron chi connectivity index (χ1n) is 11.8. The Morgan fingerprint density at radius 2 is 1.47 bits per heavy atom. The van der Waals surface area contributed by atoms with Crippen LogP contribution in [-0.2, 0) is 11.4 Å². The Morgan fingerprint density at radius 1 is 0.842 bits per heavy atom. The summed E-state index contributed by atoms with van der Waals surface area (Å²) in [6, 6.07) is 31.0. The minimum absolute atomic E-state index is 0.395. The van der Waals surface area contributed by atoms with Gasteiger partial charge in [-0.1, -0.05) is 42.5 Å². The molecule has 4 aromatic carbocycles. The number of hydrogen-bond acceptors (Lipinski definition) is 6. The van der Waals surface area contributed by atoms with E-state index in [2.05, 4.69) is 33.1 Å². The summed E-state index contributed by atoms with van der Waals surface area (Å²) in [5, 5.41) is 3.99. The van der Waals surface area contributed by atoms with E-state index in [9.17, 15) is 9.59 Å². The summed E-state index contributed by atoms with van der Waals surface area (Å²) >= 11 is 2.09. The van der Waals surface area contributed by atoms with E-state index in [1.54, 1.807) is 67.6 Å². The van der Waals surface area contributed by atoms with Crippen LogP contribution in [-0.4, -0.2) is 24.2 Å². The SMILES string of the molecule is CC(Oc1ccc(OCc2ccccc2)cc1)C(=O)N/N=C/c1ccc(OC(=O)c2ccccc2I)cc1. The minimum Gasteiger partial charge on any atom is -0.489 e. The summed E-state index contributed by atoms with van der Waals surface area (Å²) in [7, 11) is 0. The van der Waals surface area contributed by atoms with Crippen molar-refractivity contribution >= 4 is 40.7 Å². The predicted octanol–water partition coefficient (Wildman–Crippen LogP) is 6.01. The molecule has 1 amide bonds. The van der Waals surface area contributed by atoms with E-state index in [1.807, 2.05) is 42.5 Å². The van der Waals surface area contributed by atoms with Crippen LogP contribution in [0, 0.1) is 3.57 Å². The van der Waals surface area contributed by atoms with Crippen molar-refractivity contribution in [3.05, 3.63) is 123 Å². The van der Waals surface area contributed by atoms with Gasteiger partial charge in [-0.2, -0.15) is 5.10 Å². The molecule has 0 aromatic heterocycles. The summed E-state index contributed by atoms with van der Waals surface area (Å²) in [5.41, 5.74) is 4.78. The quantitative estimate of drug-likeness (QED) is 0.0773. The molecular formula is C30H25IN2O5. The van der Waals surface area contributed by atoms with Crippen molar-refractivity contribution < 1.29 is 23.8 Å². The van der Waals surface area contributed by atoms with Gasteiger partial charge in [0.25, 0.3) is 5.91 Å². The van der Waals surface area contributed by atoms with Gasteiger partial charge in [-0.05, 0) is 101 Å².